The van der Waals surface area contributed by atoms with E-state index in [-0.39, 0.29) is 0 Å². The van der Waals surface area contributed by atoms with E-state index in [0.717, 1.165) is 44.9 Å². The molecule has 0 saturated carbocycles. The summed E-state index contributed by atoms with van der Waals surface area (Å²) in [7, 11) is 0. The molecule has 0 bridgehead atoms. The van der Waals surface area contributed by atoms with Gasteiger partial charge in [0.1, 0.15) is 0 Å². The summed E-state index contributed by atoms with van der Waals surface area (Å²) in [5.74, 6) is 0. The van der Waals surface area contributed by atoms with Gasteiger partial charge in [0.2, 0.25) is 0 Å². The molecule has 42 heavy (non-hydrogen) atoms. The van der Waals surface area contributed by atoms with Crippen LogP contribution in [0.3, 0.4) is 0 Å². The molecule has 0 rings (SSSR count). The highest BCUT2D eigenvalue weighted by atomic mass is 16.7. The monoisotopic (exact) mass is 587 g/mol. The van der Waals surface area contributed by atoms with Crippen LogP contribution in [0.1, 0.15) is 181 Å². The van der Waals surface area contributed by atoms with Crippen molar-refractivity contribution in [3.63, 3.8) is 0 Å². The maximum absolute atomic E-state index is 11.7. The molecule has 0 amide bonds. The largest absolute Gasteiger partial charge is 0.508 e. The molecule has 0 radical (unpaired) electrons. The van der Waals surface area contributed by atoms with E-state index >= 15 is 0 Å². The van der Waals surface area contributed by atoms with Crippen LogP contribution in [0, 0.1) is 0 Å². The Morgan fingerprint density at radius 2 is 0.738 bits per heavy atom. The molecule has 0 spiro atoms. The molecule has 0 atom stereocenters. The van der Waals surface area contributed by atoms with E-state index in [9.17, 15) is 4.79 Å². The van der Waals surface area contributed by atoms with Crippen molar-refractivity contribution in [3.8, 4) is 0 Å². The van der Waals surface area contributed by atoms with Crippen molar-refractivity contribution in [1.29, 1.82) is 0 Å². The second kappa shape index (κ2) is 37.3. The van der Waals surface area contributed by atoms with Crippen LogP contribution < -0.4 is 0 Å². The van der Waals surface area contributed by atoms with Crippen LogP contribution in [-0.2, 0) is 9.47 Å². The van der Waals surface area contributed by atoms with Crippen LogP contribution in [0.15, 0.2) is 48.6 Å². The van der Waals surface area contributed by atoms with Crippen molar-refractivity contribution >= 4 is 6.16 Å². The Labute approximate surface area is 262 Å². The lowest BCUT2D eigenvalue weighted by atomic mass is 10.1. The molecular formula is C39H70O3. The van der Waals surface area contributed by atoms with Gasteiger partial charge in [-0.15, -0.1) is 0 Å². The van der Waals surface area contributed by atoms with E-state index in [0.29, 0.717) is 13.2 Å². The Hall–Kier alpha value is -1.77. The highest BCUT2D eigenvalue weighted by molar-refractivity contribution is 5.59. The maximum atomic E-state index is 11.7. The van der Waals surface area contributed by atoms with Crippen LogP contribution in [0.4, 0.5) is 4.79 Å². The molecular weight excluding hydrogens is 516 g/mol. The van der Waals surface area contributed by atoms with Crippen molar-refractivity contribution in [1.82, 2.24) is 0 Å². The molecule has 0 heterocycles. The number of unbranched alkanes of at least 4 members (excludes halogenated alkanes) is 20. The summed E-state index contributed by atoms with van der Waals surface area (Å²) in [4.78, 5) is 11.7. The van der Waals surface area contributed by atoms with E-state index in [1.54, 1.807) is 0 Å². The quantitative estimate of drug-likeness (QED) is 0.0447. The third-order valence-corrected chi connectivity index (χ3v) is 7.64. The molecule has 0 aromatic carbocycles. The number of hydrogen-bond donors (Lipinski definition) is 0. The molecule has 0 aromatic rings. The van der Waals surface area contributed by atoms with Crippen molar-refractivity contribution in [2.24, 2.45) is 0 Å². The Morgan fingerprint density at radius 1 is 0.405 bits per heavy atom. The van der Waals surface area contributed by atoms with E-state index in [4.69, 9.17) is 9.47 Å². The summed E-state index contributed by atoms with van der Waals surface area (Å²) in [5.41, 5.74) is 0. The lowest BCUT2D eigenvalue weighted by Crippen LogP contribution is -2.09. The molecule has 244 valence electrons. The molecule has 0 saturated heterocycles. The molecule has 0 aromatic heterocycles. The third kappa shape index (κ3) is 36.3. The zero-order valence-electron chi connectivity index (χ0n) is 28.1. The number of rotatable bonds is 32. The summed E-state index contributed by atoms with van der Waals surface area (Å²) in [6.07, 6.45) is 50.1. The smallest absolute Gasteiger partial charge is 0.434 e. The first-order valence-corrected chi connectivity index (χ1v) is 18.2. The first-order chi connectivity index (χ1) is 20.8. The predicted octanol–water partition coefficient (Wildman–Crippen LogP) is 13.5. The van der Waals surface area contributed by atoms with Gasteiger partial charge in [-0.25, -0.2) is 4.79 Å². The summed E-state index contributed by atoms with van der Waals surface area (Å²) >= 11 is 0. The van der Waals surface area contributed by atoms with Crippen molar-refractivity contribution in [2.45, 2.75) is 181 Å². The topological polar surface area (TPSA) is 35.5 Å². The second-order valence-electron chi connectivity index (χ2n) is 11.8. The van der Waals surface area contributed by atoms with Crippen LogP contribution >= 0.6 is 0 Å². The number of allylic oxidation sites excluding steroid dienone is 8. The zero-order valence-corrected chi connectivity index (χ0v) is 28.1. The standard InChI is InChI=1S/C39H70O3/c1-3-5-7-9-11-13-15-17-19-21-22-24-26-28-30-32-34-36-38-42-39(40)41-37-35-33-31-29-27-25-23-20-18-16-14-12-10-8-6-4-2/h6,8,12,14,18,20-22H,3-5,7,9-11,13,15-17,19,23-38H2,1-2H3. The SMILES string of the molecule is CCC=CCC=CCC=CCCCCCCCCOC(=O)OCCCCCCCCC=CCCCCCCCCCC. The van der Waals surface area contributed by atoms with Gasteiger partial charge in [0.15, 0.2) is 0 Å². The van der Waals surface area contributed by atoms with E-state index in [1.807, 2.05) is 0 Å². The van der Waals surface area contributed by atoms with Crippen LogP contribution in [0.5, 0.6) is 0 Å². The fourth-order valence-electron chi connectivity index (χ4n) is 4.95. The third-order valence-electron chi connectivity index (χ3n) is 7.64. The molecule has 3 nitrogen and oxygen atoms in total. The van der Waals surface area contributed by atoms with Crippen LogP contribution in [-0.4, -0.2) is 19.4 Å². The molecule has 0 aliphatic rings. The Balaban J connectivity index is 3.26. The van der Waals surface area contributed by atoms with Crippen LogP contribution in [0.25, 0.3) is 0 Å². The minimum absolute atomic E-state index is 0.483. The summed E-state index contributed by atoms with van der Waals surface area (Å²) in [6, 6.07) is 0. The van der Waals surface area contributed by atoms with Crippen molar-refractivity contribution in [3.05, 3.63) is 48.6 Å². The highest BCUT2D eigenvalue weighted by Crippen LogP contribution is 2.12. The Kier molecular flexibility index (Phi) is 35.7. The molecule has 3 heteroatoms. The van der Waals surface area contributed by atoms with Gasteiger partial charge in [-0.05, 0) is 70.6 Å². The molecule has 0 aliphatic heterocycles. The number of carbonyl (C=O) groups is 1. The van der Waals surface area contributed by atoms with Gasteiger partial charge in [0, 0.05) is 0 Å². The summed E-state index contributed by atoms with van der Waals surface area (Å²) < 4.78 is 10.4. The Morgan fingerprint density at radius 3 is 1.17 bits per heavy atom. The Bertz CT molecular complexity index is 646. The van der Waals surface area contributed by atoms with Gasteiger partial charge in [-0.1, -0.05) is 159 Å². The first-order valence-electron chi connectivity index (χ1n) is 18.2. The second-order valence-corrected chi connectivity index (χ2v) is 11.8. The molecule has 0 unspecified atom stereocenters. The van der Waals surface area contributed by atoms with E-state index in [1.165, 1.54) is 122 Å². The van der Waals surface area contributed by atoms with E-state index in [2.05, 4.69) is 62.5 Å². The normalized spacial score (nSPS) is 12.0. The van der Waals surface area contributed by atoms with Crippen molar-refractivity contribution < 1.29 is 14.3 Å². The van der Waals surface area contributed by atoms with Gasteiger partial charge in [0.25, 0.3) is 0 Å². The average molecular weight is 587 g/mol. The molecule has 0 aliphatic carbocycles. The van der Waals surface area contributed by atoms with Crippen molar-refractivity contribution in [2.75, 3.05) is 13.2 Å². The van der Waals surface area contributed by atoms with Gasteiger partial charge in [-0.2, -0.15) is 0 Å². The fraction of sp³-hybridized carbons (Fsp3) is 0.769. The number of carbonyl (C=O) groups excluding carboxylic acids is 1. The summed E-state index contributed by atoms with van der Waals surface area (Å²) in [5, 5.41) is 0. The minimum Gasteiger partial charge on any atom is -0.434 e. The van der Waals surface area contributed by atoms with Gasteiger partial charge in [-0.3, -0.25) is 0 Å². The van der Waals surface area contributed by atoms with E-state index < -0.39 is 6.16 Å². The lowest BCUT2D eigenvalue weighted by molar-refractivity contribution is 0.0529. The number of ether oxygens (including phenoxy) is 2. The summed E-state index contributed by atoms with van der Waals surface area (Å²) in [6.45, 7) is 5.42. The van der Waals surface area contributed by atoms with Gasteiger partial charge < -0.3 is 9.47 Å². The first kappa shape index (κ1) is 40.2. The molecule has 0 N–H and O–H groups in total. The fourth-order valence-corrected chi connectivity index (χ4v) is 4.95. The maximum Gasteiger partial charge on any atom is 0.508 e. The predicted molar refractivity (Wildman–Crippen MR) is 185 cm³/mol. The zero-order chi connectivity index (χ0) is 30.4. The highest BCUT2D eigenvalue weighted by Gasteiger charge is 2.03. The number of hydrogen-bond acceptors (Lipinski definition) is 3. The van der Waals surface area contributed by atoms with Crippen LogP contribution in [0.2, 0.25) is 0 Å². The molecule has 0 fully saturated rings. The minimum atomic E-state index is -0.493. The lowest BCUT2D eigenvalue weighted by Gasteiger charge is -2.06. The van der Waals surface area contributed by atoms with Gasteiger partial charge >= 0.3 is 6.16 Å². The van der Waals surface area contributed by atoms with Gasteiger partial charge in [0.05, 0.1) is 13.2 Å². The average Bonchev–Trinajstić information content (AvgIpc) is 3.00.